The number of carbonyl (C=O) groups is 1. The molecule has 0 fully saturated rings. The van der Waals surface area contributed by atoms with Crippen molar-refractivity contribution in [3.8, 4) is 17.1 Å². The second kappa shape index (κ2) is 9.58. The highest BCUT2D eigenvalue weighted by Gasteiger charge is 2.14. The Bertz CT molecular complexity index is 1030. The number of phenolic OH excluding ortho intramolecular Hbond substituents is 1. The van der Waals surface area contributed by atoms with E-state index in [-0.39, 0.29) is 17.4 Å². The van der Waals surface area contributed by atoms with E-state index in [9.17, 15) is 9.90 Å². The molecular formula is C20H20ClN5O2S. The minimum atomic E-state index is -0.275. The predicted octanol–water partition coefficient (Wildman–Crippen LogP) is 3.96. The summed E-state index contributed by atoms with van der Waals surface area (Å²) in [5.41, 5.74) is 4.50. The SMILES string of the molecule is CCn1c(SCC(=O)N/N=C(/C)c2ccccc2O)nnc1-c1ccc(Cl)cc1. The fraction of sp³-hybridized carbons (Fsp3) is 0.200. The number of nitrogens with one attached hydrogen (secondary N) is 1. The number of hydrogen-bond acceptors (Lipinski definition) is 6. The summed E-state index contributed by atoms with van der Waals surface area (Å²) in [5.74, 6) is 0.697. The summed E-state index contributed by atoms with van der Waals surface area (Å²) in [4.78, 5) is 12.2. The van der Waals surface area contributed by atoms with E-state index in [2.05, 4.69) is 20.7 Å². The third-order valence-electron chi connectivity index (χ3n) is 4.11. The minimum Gasteiger partial charge on any atom is -0.507 e. The Balaban J connectivity index is 1.64. The molecule has 3 rings (SSSR count). The minimum absolute atomic E-state index is 0.114. The van der Waals surface area contributed by atoms with Crippen molar-refractivity contribution < 1.29 is 9.90 Å². The molecule has 1 aromatic heterocycles. The summed E-state index contributed by atoms with van der Waals surface area (Å²) in [5, 5.41) is 23.7. The fourth-order valence-corrected chi connectivity index (χ4v) is 3.56. The van der Waals surface area contributed by atoms with Crippen LogP contribution in [0, 0.1) is 0 Å². The molecule has 0 aliphatic carbocycles. The van der Waals surface area contributed by atoms with Crippen LogP contribution in [0.4, 0.5) is 0 Å². The van der Waals surface area contributed by atoms with Crippen LogP contribution in [0.15, 0.2) is 58.8 Å². The van der Waals surface area contributed by atoms with Gasteiger partial charge in [-0.2, -0.15) is 5.10 Å². The molecule has 9 heteroatoms. The largest absolute Gasteiger partial charge is 0.507 e. The van der Waals surface area contributed by atoms with Crippen LogP contribution in [-0.2, 0) is 11.3 Å². The second-order valence-corrected chi connectivity index (χ2v) is 7.47. The lowest BCUT2D eigenvalue weighted by Gasteiger charge is -2.07. The molecule has 3 aromatic rings. The van der Waals surface area contributed by atoms with Gasteiger partial charge in [-0.25, -0.2) is 5.43 Å². The van der Waals surface area contributed by atoms with Gasteiger partial charge in [0.05, 0.1) is 11.5 Å². The molecule has 0 unspecified atom stereocenters. The maximum atomic E-state index is 12.2. The molecule has 0 atom stereocenters. The number of carbonyl (C=O) groups excluding carboxylic acids is 1. The highest BCUT2D eigenvalue weighted by atomic mass is 35.5. The van der Waals surface area contributed by atoms with E-state index >= 15 is 0 Å². The number of aromatic hydroxyl groups is 1. The van der Waals surface area contributed by atoms with Gasteiger partial charge in [-0.15, -0.1) is 10.2 Å². The molecule has 2 aromatic carbocycles. The van der Waals surface area contributed by atoms with Gasteiger partial charge in [-0.1, -0.05) is 35.5 Å². The van der Waals surface area contributed by atoms with Crippen molar-refractivity contribution in [2.75, 3.05) is 5.75 Å². The van der Waals surface area contributed by atoms with Crippen LogP contribution in [0.3, 0.4) is 0 Å². The maximum Gasteiger partial charge on any atom is 0.250 e. The van der Waals surface area contributed by atoms with E-state index in [0.29, 0.717) is 28.0 Å². The number of halogens is 1. The summed E-state index contributed by atoms with van der Waals surface area (Å²) in [7, 11) is 0. The van der Waals surface area contributed by atoms with Gasteiger partial charge >= 0.3 is 0 Å². The number of benzene rings is 2. The van der Waals surface area contributed by atoms with E-state index < -0.39 is 0 Å². The summed E-state index contributed by atoms with van der Waals surface area (Å²) >= 11 is 7.23. The lowest BCUT2D eigenvalue weighted by Crippen LogP contribution is -2.21. The van der Waals surface area contributed by atoms with Crippen molar-refractivity contribution in [1.82, 2.24) is 20.2 Å². The zero-order valence-electron chi connectivity index (χ0n) is 16.0. The zero-order valence-corrected chi connectivity index (χ0v) is 17.5. The number of rotatable bonds is 7. The highest BCUT2D eigenvalue weighted by Crippen LogP contribution is 2.25. The Morgan fingerprint density at radius 3 is 2.62 bits per heavy atom. The number of hydrogen-bond donors (Lipinski definition) is 2. The maximum absolute atomic E-state index is 12.2. The second-order valence-electron chi connectivity index (χ2n) is 6.10. The average Bonchev–Trinajstić information content (AvgIpc) is 3.14. The Labute approximate surface area is 177 Å². The quantitative estimate of drug-likeness (QED) is 0.337. The van der Waals surface area contributed by atoms with E-state index in [1.54, 1.807) is 43.3 Å². The number of phenols is 1. The van der Waals surface area contributed by atoms with Crippen molar-refractivity contribution in [1.29, 1.82) is 0 Å². The van der Waals surface area contributed by atoms with Crippen LogP contribution < -0.4 is 5.43 Å². The number of aromatic nitrogens is 3. The van der Waals surface area contributed by atoms with Gasteiger partial charge in [-0.3, -0.25) is 4.79 Å². The van der Waals surface area contributed by atoms with Gasteiger partial charge in [0.1, 0.15) is 5.75 Å². The number of hydrazone groups is 1. The number of thioether (sulfide) groups is 1. The molecule has 1 amide bonds. The van der Waals surface area contributed by atoms with Crippen LogP contribution in [0.25, 0.3) is 11.4 Å². The molecule has 7 nitrogen and oxygen atoms in total. The lowest BCUT2D eigenvalue weighted by molar-refractivity contribution is -0.118. The molecule has 0 bridgehead atoms. The van der Waals surface area contributed by atoms with Crippen LogP contribution in [-0.4, -0.2) is 37.2 Å². The Hall–Kier alpha value is -2.84. The first kappa shape index (κ1) is 20.9. The van der Waals surface area contributed by atoms with Gasteiger partial charge in [-0.05, 0) is 50.2 Å². The molecule has 0 saturated carbocycles. The van der Waals surface area contributed by atoms with Gasteiger partial charge in [0, 0.05) is 22.7 Å². The monoisotopic (exact) mass is 429 g/mol. The van der Waals surface area contributed by atoms with Gasteiger partial charge in [0.25, 0.3) is 5.91 Å². The average molecular weight is 430 g/mol. The van der Waals surface area contributed by atoms with E-state index in [1.165, 1.54) is 11.8 Å². The first-order chi connectivity index (χ1) is 14.0. The Kier molecular flexibility index (Phi) is 6.90. The van der Waals surface area contributed by atoms with Gasteiger partial charge in [0.15, 0.2) is 11.0 Å². The van der Waals surface area contributed by atoms with Crippen molar-refractivity contribution in [2.45, 2.75) is 25.5 Å². The molecule has 0 aliphatic heterocycles. The van der Waals surface area contributed by atoms with Crippen LogP contribution >= 0.6 is 23.4 Å². The highest BCUT2D eigenvalue weighted by molar-refractivity contribution is 7.99. The third-order valence-corrected chi connectivity index (χ3v) is 5.33. The van der Waals surface area contributed by atoms with E-state index in [4.69, 9.17) is 11.6 Å². The zero-order chi connectivity index (χ0) is 20.8. The summed E-state index contributed by atoms with van der Waals surface area (Å²) in [6.45, 7) is 4.38. The molecule has 2 N–H and O–H groups in total. The van der Waals surface area contributed by atoms with Crippen molar-refractivity contribution in [2.24, 2.45) is 5.10 Å². The smallest absolute Gasteiger partial charge is 0.250 e. The number of nitrogens with zero attached hydrogens (tertiary/aromatic N) is 4. The molecular weight excluding hydrogens is 410 g/mol. The Morgan fingerprint density at radius 2 is 1.93 bits per heavy atom. The first-order valence-corrected chi connectivity index (χ1v) is 10.3. The summed E-state index contributed by atoms with van der Waals surface area (Å²) < 4.78 is 1.94. The Morgan fingerprint density at radius 1 is 1.21 bits per heavy atom. The molecule has 0 radical (unpaired) electrons. The molecule has 0 spiro atoms. The van der Waals surface area contributed by atoms with Crippen molar-refractivity contribution in [3.05, 3.63) is 59.1 Å². The molecule has 150 valence electrons. The third kappa shape index (κ3) is 5.16. The van der Waals surface area contributed by atoms with Crippen molar-refractivity contribution >= 4 is 35.0 Å². The normalized spacial score (nSPS) is 11.5. The first-order valence-electron chi connectivity index (χ1n) is 8.93. The molecule has 0 saturated heterocycles. The van der Waals surface area contributed by atoms with Crippen LogP contribution in [0.2, 0.25) is 5.02 Å². The molecule has 1 heterocycles. The summed E-state index contributed by atoms with van der Waals surface area (Å²) in [6, 6.07) is 14.2. The topological polar surface area (TPSA) is 92.4 Å². The molecule has 0 aliphatic rings. The van der Waals surface area contributed by atoms with Crippen molar-refractivity contribution in [3.63, 3.8) is 0 Å². The van der Waals surface area contributed by atoms with Gasteiger partial charge in [0.2, 0.25) is 0 Å². The number of para-hydroxylation sites is 1. The molecule has 29 heavy (non-hydrogen) atoms. The van der Waals surface area contributed by atoms with Gasteiger partial charge < -0.3 is 9.67 Å². The van der Waals surface area contributed by atoms with Crippen LogP contribution in [0.5, 0.6) is 5.75 Å². The van der Waals surface area contributed by atoms with Crippen LogP contribution in [0.1, 0.15) is 19.4 Å². The predicted molar refractivity (Wildman–Crippen MR) is 115 cm³/mol. The van der Waals surface area contributed by atoms with E-state index in [1.807, 2.05) is 23.6 Å². The fourth-order valence-electron chi connectivity index (χ4n) is 2.64. The van der Waals surface area contributed by atoms with E-state index in [0.717, 1.165) is 11.4 Å². The number of amides is 1. The lowest BCUT2D eigenvalue weighted by atomic mass is 10.1. The summed E-state index contributed by atoms with van der Waals surface area (Å²) in [6.07, 6.45) is 0. The standard InChI is InChI=1S/C20H20ClN5O2S/c1-3-26-19(14-8-10-15(21)11-9-14)24-25-20(26)29-12-18(28)23-22-13(2)16-6-4-5-7-17(16)27/h4-11,27H,3,12H2,1-2H3,(H,23,28)/b22-13-.